The van der Waals surface area contributed by atoms with Crippen LogP contribution < -0.4 is 0 Å². The van der Waals surface area contributed by atoms with Gasteiger partial charge in [-0.1, -0.05) is 0 Å². The van der Waals surface area contributed by atoms with Gasteiger partial charge in [-0.15, -0.1) is 0 Å². The second-order valence-electron chi connectivity index (χ2n) is 7.87. The van der Waals surface area contributed by atoms with Crippen molar-refractivity contribution in [3.05, 3.63) is 0 Å². The van der Waals surface area contributed by atoms with Crippen LogP contribution in [0.2, 0.25) is 0 Å². The number of fused-ring (bicyclic) bond motifs is 2. The molecule has 2 atom stereocenters. The van der Waals surface area contributed by atoms with Gasteiger partial charge in [0.2, 0.25) is 0 Å². The van der Waals surface area contributed by atoms with Gasteiger partial charge in [0, 0.05) is 36.3 Å². The lowest BCUT2D eigenvalue weighted by atomic mass is 10.0. The number of likely N-dealkylation sites (tertiary alicyclic amines) is 1. The summed E-state index contributed by atoms with van der Waals surface area (Å²) >= 11 is 0. The third-order valence-corrected chi connectivity index (χ3v) is 4.51. The summed E-state index contributed by atoms with van der Waals surface area (Å²) in [6.45, 7) is 16.7. The highest BCUT2D eigenvalue weighted by Gasteiger charge is 2.43. The van der Waals surface area contributed by atoms with Crippen molar-refractivity contribution in [1.82, 2.24) is 9.80 Å². The van der Waals surface area contributed by atoms with Crippen LogP contribution in [0.15, 0.2) is 0 Å². The lowest BCUT2D eigenvalue weighted by Crippen LogP contribution is -2.51. The van der Waals surface area contributed by atoms with Crippen molar-refractivity contribution in [3.63, 3.8) is 0 Å². The Morgan fingerprint density at radius 3 is 1.88 bits per heavy atom. The Morgan fingerprint density at radius 1 is 0.765 bits per heavy atom. The highest BCUT2D eigenvalue weighted by molar-refractivity contribution is 4.99. The van der Waals surface area contributed by atoms with Crippen molar-refractivity contribution in [2.75, 3.05) is 13.1 Å². The first-order valence-electron chi connectivity index (χ1n) is 7.23. The monoisotopic (exact) mass is 238 g/mol. The van der Waals surface area contributed by atoms with E-state index in [1.54, 1.807) is 0 Å². The van der Waals surface area contributed by atoms with Gasteiger partial charge in [-0.25, -0.2) is 0 Å². The summed E-state index contributed by atoms with van der Waals surface area (Å²) in [5.74, 6) is 0. The summed E-state index contributed by atoms with van der Waals surface area (Å²) in [5.41, 5.74) is 0.660. The number of rotatable bonds is 0. The van der Waals surface area contributed by atoms with Gasteiger partial charge < -0.3 is 0 Å². The molecule has 0 aromatic rings. The molecule has 0 N–H and O–H groups in total. The molecular weight excluding hydrogens is 208 g/mol. The highest BCUT2D eigenvalue weighted by Crippen LogP contribution is 2.37. The van der Waals surface area contributed by atoms with Gasteiger partial charge in [-0.2, -0.15) is 0 Å². The largest absolute Gasteiger partial charge is 0.297 e. The Balaban J connectivity index is 2.16. The van der Waals surface area contributed by atoms with Crippen molar-refractivity contribution in [3.8, 4) is 0 Å². The third kappa shape index (κ3) is 2.68. The lowest BCUT2D eigenvalue weighted by Gasteiger charge is -2.41. The molecule has 2 heterocycles. The fraction of sp³-hybridized carbons (Fsp3) is 1.00. The molecule has 2 heteroatoms. The van der Waals surface area contributed by atoms with E-state index < -0.39 is 0 Å². The lowest BCUT2D eigenvalue weighted by molar-refractivity contribution is 0.0664. The molecule has 0 radical (unpaired) electrons. The van der Waals surface area contributed by atoms with Gasteiger partial charge in [-0.3, -0.25) is 9.80 Å². The highest BCUT2D eigenvalue weighted by atomic mass is 15.3. The maximum atomic E-state index is 2.80. The van der Waals surface area contributed by atoms with E-state index in [2.05, 4.69) is 51.3 Å². The van der Waals surface area contributed by atoms with E-state index >= 15 is 0 Å². The summed E-state index contributed by atoms with van der Waals surface area (Å²) in [5, 5.41) is 0. The zero-order valence-corrected chi connectivity index (χ0v) is 12.6. The molecular formula is C15H30N2. The van der Waals surface area contributed by atoms with Gasteiger partial charge in [-0.05, 0) is 60.8 Å². The minimum absolute atomic E-state index is 0.327. The minimum Gasteiger partial charge on any atom is -0.297 e. The van der Waals surface area contributed by atoms with Crippen LogP contribution in [0.1, 0.15) is 60.8 Å². The molecule has 0 saturated carbocycles. The molecule has 0 aromatic carbocycles. The normalized spacial score (nSPS) is 32.8. The SMILES string of the molecule is CC(C)(C)N1CC[C@@H]2CC[C@H](C1)N2C(C)(C)C. The molecule has 100 valence electrons. The van der Waals surface area contributed by atoms with Crippen LogP contribution in [0.25, 0.3) is 0 Å². The molecule has 2 aliphatic heterocycles. The molecule has 2 saturated heterocycles. The van der Waals surface area contributed by atoms with Crippen LogP contribution in [0.4, 0.5) is 0 Å². The second kappa shape index (κ2) is 4.24. The average molecular weight is 238 g/mol. The van der Waals surface area contributed by atoms with Gasteiger partial charge in [0.15, 0.2) is 0 Å². The van der Waals surface area contributed by atoms with Crippen LogP contribution in [0, 0.1) is 0 Å². The Hall–Kier alpha value is -0.0800. The van der Waals surface area contributed by atoms with E-state index in [-0.39, 0.29) is 0 Å². The molecule has 0 unspecified atom stereocenters. The molecule has 2 rings (SSSR count). The fourth-order valence-corrected chi connectivity index (χ4v) is 3.78. The fourth-order valence-electron chi connectivity index (χ4n) is 3.78. The minimum atomic E-state index is 0.327. The standard InChI is InChI=1S/C15H30N2/c1-14(2,3)16-10-9-12-7-8-13(11-16)17(12)15(4,5)6/h12-13H,7-11H2,1-6H3/t12-,13+/m0/s1. The summed E-state index contributed by atoms with van der Waals surface area (Å²) in [4.78, 5) is 5.49. The molecule has 2 nitrogen and oxygen atoms in total. The number of hydrogen-bond acceptors (Lipinski definition) is 2. The van der Waals surface area contributed by atoms with Crippen LogP contribution in [0.5, 0.6) is 0 Å². The van der Waals surface area contributed by atoms with E-state index in [0.29, 0.717) is 11.1 Å². The topological polar surface area (TPSA) is 6.48 Å². The number of hydrogen-bond donors (Lipinski definition) is 0. The second-order valence-corrected chi connectivity index (χ2v) is 7.87. The maximum absolute atomic E-state index is 2.80. The number of nitrogens with zero attached hydrogens (tertiary/aromatic N) is 2. The quantitative estimate of drug-likeness (QED) is 0.640. The third-order valence-electron chi connectivity index (χ3n) is 4.51. The molecule has 2 fully saturated rings. The predicted molar refractivity (Wildman–Crippen MR) is 74.3 cm³/mol. The Bertz CT molecular complexity index is 272. The van der Waals surface area contributed by atoms with E-state index in [0.717, 1.165) is 12.1 Å². The zero-order chi connectivity index (χ0) is 12.8. The molecule has 17 heavy (non-hydrogen) atoms. The first-order chi connectivity index (χ1) is 7.69. The summed E-state index contributed by atoms with van der Waals surface area (Å²) < 4.78 is 0. The van der Waals surface area contributed by atoms with Gasteiger partial charge in [0.05, 0.1) is 0 Å². The van der Waals surface area contributed by atoms with Crippen LogP contribution in [-0.4, -0.2) is 46.1 Å². The van der Waals surface area contributed by atoms with Crippen LogP contribution >= 0.6 is 0 Å². The predicted octanol–water partition coefficient (Wildman–Crippen LogP) is 3.12. The smallest absolute Gasteiger partial charge is 0.0232 e. The van der Waals surface area contributed by atoms with Crippen LogP contribution in [0.3, 0.4) is 0 Å². The van der Waals surface area contributed by atoms with Gasteiger partial charge in [0.1, 0.15) is 0 Å². The molecule has 2 bridgehead atoms. The van der Waals surface area contributed by atoms with Gasteiger partial charge >= 0.3 is 0 Å². The van der Waals surface area contributed by atoms with Crippen molar-refractivity contribution >= 4 is 0 Å². The van der Waals surface area contributed by atoms with E-state index in [1.807, 2.05) is 0 Å². The molecule has 0 spiro atoms. The van der Waals surface area contributed by atoms with Crippen molar-refractivity contribution in [2.45, 2.75) is 84.0 Å². The Kier molecular flexibility index (Phi) is 3.33. The maximum Gasteiger partial charge on any atom is 0.0232 e. The summed E-state index contributed by atoms with van der Waals surface area (Å²) in [7, 11) is 0. The summed E-state index contributed by atoms with van der Waals surface area (Å²) in [6, 6.07) is 1.61. The van der Waals surface area contributed by atoms with Crippen molar-refractivity contribution in [1.29, 1.82) is 0 Å². The molecule has 2 aliphatic rings. The Morgan fingerprint density at radius 2 is 1.35 bits per heavy atom. The Labute approximate surface area is 107 Å². The first kappa shape index (κ1) is 13.4. The first-order valence-corrected chi connectivity index (χ1v) is 7.23. The van der Waals surface area contributed by atoms with Gasteiger partial charge in [0.25, 0.3) is 0 Å². The summed E-state index contributed by atoms with van der Waals surface area (Å²) in [6.07, 6.45) is 4.17. The van der Waals surface area contributed by atoms with E-state index in [4.69, 9.17) is 0 Å². The van der Waals surface area contributed by atoms with Crippen molar-refractivity contribution in [2.24, 2.45) is 0 Å². The van der Waals surface area contributed by atoms with E-state index in [9.17, 15) is 0 Å². The zero-order valence-electron chi connectivity index (χ0n) is 12.6. The van der Waals surface area contributed by atoms with E-state index in [1.165, 1.54) is 32.4 Å². The van der Waals surface area contributed by atoms with Crippen molar-refractivity contribution < 1.29 is 0 Å². The molecule has 0 aromatic heterocycles. The molecule has 0 amide bonds. The average Bonchev–Trinajstić information content (AvgIpc) is 2.37. The van der Waals surface area contributed by atoms with Crippen LogP contribution in [-0.2, 0) is 0 Å². The molecule has 0 aliphatic carbocycles.